The van der Waals surface area contributed by atoms with Gasteiger partial charge in [0.2, 0.25) is 5.91 Å². The highest BCUT2D eigenvalue weighted by atomic mass is 35.5. The third-order valence-electron chi connectivity index (χ3n) is 2.97. The van der Waals surface area contributed by atoms with E-state index in [4.69, 9.17) is 26.8 Å². The first-order valence-corrected chi connectivity index (χ1v) is 6.25. The molecular weight excluding hydrogens is 268 g/mol. The Bertz CT molecular complexity index is 475. The molecule has 6 heteroatoms. The molecule has 0 heterocycles. The van der Waals surface area contributed by atoms with Crippen LogP contribution in [0.4, 0.5) is 5.69 Å². The minimum absolute atomic E-state index is 0.302. The summed E-state index contributed by atoms with van der Waals surface area (Å²) < 4.78 is 10.3. The predicted octanol–water partition coefficient (Wildman–Crippen LogP) is 2.42. The van der Waals surface area contributed by atoms with Gasteiger partial charge in [0, 0.05) is 12.1 Å². The van der Waals surface area contributed by atoms with Crippen molar-refractivity contribution in [2.75, 3.05) is 19.5 Å². The van der Waals surface area contributed by atoms with Gasteiger partial charge < -0.3 is 20.5 Å². The first kappa shape index (κ1) is 15.6. The van der Waals surface area contributed by atoms with E-state index in [0.29, 0.717) is 28.6 Å². The van der Waals surface area contributed by atoms with Crippen LogP contribution in [0.3, 0.4) is 0 Å². The lowest BCUT2D eigenvalue weighted by molar-refractivity contribution is -0.120. The van der Waals surface area contributed by atoms with E-state index in [1.807, 2.05) is 6.92 Å². The van der Waals surface area contributed by atoms with E-state index in [9.17, 15) is 4.79 Å². The van der Waals surface area contributed by atoms with Gasteiger partial charge in [0.15, 0.2) is 11.5 Å². The molecule has 1 unspecified atom stereocenters. The van der Waals surface area contributed by atoms with Crippen LogP contribution in [0.25, 0.3) is 0 Å². The maximum Gasteiger partial charge on any atom is 0.244 e. The fourth-order valence-electron chi connectivity index (χ4n) is 1.38. The van der Waals surface area contributed by atoms with Crippen LogP contribution >= 0.6 is 11.6 Å². The summed E-state index contributed by atoms with van der Waals surface area (Å²) in [6.45, 7) is 3.51. The van der Waals surface area contributed by atoms with Crippen molar-refractivity contribution in [3.8, 4) is 11.5 Å². The number of hydrogen-bond acceptors (Lipinski definition) is 4. The number of benzene rings is 1. The second-order valence-corrected chi connectivity index (χ2v) is 4.82. The lowest BCUT2D eigenvalue weighted by Crippen LogP contribution is -2.47. The normalized spacial score (nSPS) is 13.6. The Labute approximate surface area is 118 Å². The number of anilines is 1. The summed E-state index contributed by atoms with van der Waals surface area (Å²) in [7, 11) is 3.02. The lowest BCUT2D eigenvalue weighted by atomic mass is 9.99. The van der Waals surface area contributed by atoms with Gasteiger partial charge in [0.05, 0.1) is 30.5 Å². The molecule has 0 spiro atoms. The van der Waals surface area contributed by atoms with Gasteiger partial charge in [-0.05, 0) is 13.3 Å². The summed E-state index contributed by atoms with van der Waals surface area (Å²) in [6.07, 6.45) is 0.518. The number of ether oxygens (including phenoxy) is 2. The van der Waals surface area contributed by atoms with Crippen LogP contribution in [0.2, 0.25) is 5.02 Å². The number of carbonyl (C=O) groups is 1. The molecule has 1 aromatic carbocycles. The molecule has 0 saturated carbocycles. The quantitative estimate of drug-likeness (QED) is 0.872. The van der Waals surface area contributed by atoms with Gasteiger partial charge in [-0.2, -0.15) is 0 Å². The van der Waals surface area contributed by atoms with Gasteiger partial charge in [-0.1, -0.05) is 18.5 Å². The van der Waals surface area contributed by atoms with E-state index in [2.05, 4.69) is 5.32 Å². The number of carbonyl (C=O) groups excluding carboxylic acids is 1. The number of hydrogen-bond donors (Lipinski definition) is 2. The molecule has 19 heavy (non-hydrogen) atoms. The molecule has 0 aromatic heterocycles. The number of halogens is 1. The van der Waals surface area contributed by atoms with E-state index in [1.165, 1.54) is 14.2 Å². The van der Waals surface area contributed by atoms with Crippen LogP contribution in [0.1, 0.15) is 20.3 Å². The zero-order chi connectivity index (χ0) is 14.6. The molecule has 0 saturated heterocycles. The molecule has 5 nitrogen and oxygen atoms in total. The zero-order valence-electron chi connectivity index (χ0n) is 11.5. The lowest BCUT2D eigenvalue weighted by Gasteiger charge is -2.22. The summed E-state index contributed by atoms with van der Waals surface area (Å²) in [6, 6.07) is 3.18. The summed E-state index contributed by atoms with van der Waals surface area (Å²) in [4.78, 5) is 12.0. The van der Waals surface area contributed by atoms with E-state index < -0.39 is 5.54 Å². The summed E-state index contributed by atoms with van der Waals surface area (Å²) in [5.41, 5.74) is 5.36. The second-order valence-electron chi connectivity index (χ2n) is 4.41. The van der Waals surface area contributed by atoms with Crippen molar-refractivity contribution >= 4 is 23.2 Å². The maximum absolute atomic E-state index is 12.0. The van der Waals surface area contributed by atoms with Gasteiger partial charge in [-0.25, -0.2) is 0 Å². The van der Waals surface area contributed by atoms with Crippen molar-refractivity contribution in [2.45, 2.75) is 25.8 Å². The van der Waals surface area contributed by atoms with Gasteiger partial charge >= 0.3 is 0 Å². The van der Waals surface area contributed by atoms with Crippen LogP contribution in [0, 0.1) is 0 Å². The van der Waals surface area contributed by atoms with E-state index in [-0.39, 0.29) is 5.91 Å². The monoisotopic (exact) mass is 286 g/mol. The van der Waals surface area contributed by atoms with Crippen molar-refractivity contribution in [1.29, 1.82) is 0 Å². The van der Waals surface area contributed by atoms with E-state index in [1.54, 1.807) is 19.1 Å². The third kappa shape index (κ3) is 3.52. The Kier molecular flexibility index (Phi) is 5.03. The molecule has 0 bridgehead atoms. The Morgan fingerprint density at radius 2 is 1.89 bits per heavy atom. The Hall–Kier alpha value is -1.46. The van der Waals surface area contributed by atoms with Crippen molar-refractivity contribution < 1.29 is 14.3 Å². The predicted molar refractivity (Wildman–Crippen MR) is 76.1 cm³/mol. The number of amides is 1. The number of nitrogens with one attached hydrogen (secondary N) is 1. The minimum atomic E-state index is -0.948. The van der Waals surface area contributed by atoms with Crippen LogP contribution in [-0.4, -0.2) is 25.7 Å². The maximum atomic E-state index is 12.0. The molecule has 1 aromatic rings. The number of rotatable bonds is 5. The smallest absolute Gasteiger partial charge is 0.244 e. The fraction of sp³-hybridized carbons (Fsp3) is 0.462. The van der Waals surface area contributed by atoms with Crippen molar-refractivity contribution in [1.82, 2.24) is 0 Å². The molecule has 1 amide bonds. The summed E-state index contributed by atoms with van der Waals surface area (Å²) in [5, 5.41) is 3.06. The Morgan fingerprint density at radius 3 is 2.37 bits per heavy atom. The molecule has 0 fully saturated rings. The first-order chi connectivity index (χ1) is 8.85. The topological polar surface area (TPSA) is 73.6 Å². The van der Waals surface area contributed by atoms with E-state index >= 15 is 0 Å². The molecular formula is C13H19ClN2O3. The Balaban J connectivity index is 3.05. The van der Waals surface area contributed by atoms with E-state index in [0.717, 1.165) is 0 Å². The minimum Gasteiger partial charge on any atom is -0.493 e. The van der Waals surface area contributed by atoms with Crippen LogP contribution in [0.5, 0.6) is 11.5 Å². The van der Waals surface area contributed by atoms with Crippen LogP contribution in [0.15, 0.2) is 12.1 Å². The SMILES string of the molecule is CCC(C)(N)C(=O)Nc1cc(OC)c(OC)cc1Cl. The average Bonchev–Trinajstić information content (AvgIpc) is 2.40. The van der Waals surface area contributed by atoms with Crippen LogP contribution < -0.4 is 20.5 Å². The summed E-state index contributed by atoms with van der Waals surface area (Å²) >= 11 is 6.08. The number of methoxy groups -OCH3 is 2. The molecule has 106 valence electrons. The van der Waals surface area contributed by atoms with Gasteiger partial charge in [-0.3, -0.25) is 4.79 Å². The van der Waals surface area contributed by atoms with Gasteiger partial charge in [0.1, 0.15) is 0 Å². The molecule has 0 aliphatic carbocycles. The zero-order valence-corrected chi connectivity index (χ0v) is 12.3. The van der Waals surface area contributed by atoms with Crippen molar-refractivity contribution in [2.24, 2.45) is 5.73 Å². The standard InChI is InChI=1S/C13H19ClN2O3/c1-5-13(2,15)12(17)16-9-7-11(19-4)10(18-3)6-8(9)14/h6-7H,5,15H2,1-4H3,(H,16,17). The highest BCUT2D eigenvalue weighted by Crippen LogP contribution is 2.36. The molecule has 0 radical (unpaired) electrons. The van der Waals surface area contributed by atoms with Gasteiger partial charge in [-0.15, -0.1) is 0 Å². The Morgan fingerprint density at radius 1 is 1.37 bits per heavy atom. The average molecular weight is 287 g/mol. The molecule has 1 atom stereocenters. The molecule has 1 rings (SSSR count). The van der Waals surface area contributed by atoms with Crippen LogP contribution in [-0.2, 0) is 4.79 Å². The number of nitrogens with two attached hydrogens (primary N) is 1. The van der Waals surface area contributed by atoms with Gasteiger partial charge in [0.25, 0.3) is 0 Å². The third-order valence-corrected chi connectivity index (χ3v) is 3.29. The fourth-order valence-corrected chi connectivity index (χ4v) is 1.58. The summed E-state index contributed by atoms with van der Waals surface area (Å²) in [5.74, 6) is 0.679. The first-order valence-electron chi connectivity index (χ1n) is 5.87. The molecule has 0 aliphatic rings. The van der Waals surface area contributed by atoms with Crippen molar-refractivity contribution in [3.05, 3.63) is 17.2 Å². The highest BCUT2D eigenvalue weighted by Gasteiger charge is 2.26. The second kappa shape index (κ2) is 6.12. The van der Waals surface area contributed by atoms with Crippen molar-refractivity contribution in [3.63, 3.8) is 0 Å². The molecule has 0 aliphatic heterocycles. The molecule has 3 N–H and O–H groups in total. The largest absolute Gasteiger partial charge is 0.493 e. The highest BCUT2D eigenvalue weighted by molar-refractivity contribution is 6.34.